The van der Waals surface area contributed by atoms with Crippen LogP contribution in [0, 0.1) is 0 Å². The van der Waals surface area contributed by atoms with Gasteiger partial charge in [-0.2, -0.15) is 5.10 Å². The van der Waals surface area contributed by atoms with Gasteiger partial charge in [-0.1, -0.05) is 37.3 Å². The first-order valence-electron chi connectivity index (χ1n) is 8.43. The quantitative estimate of drug-likeness (QED) is 0.848. The molecule has 0 aliphatic carbocycles. The summed E-state index contributed by atoms with van der Waals surface area (Å²) in [5.41, 5.74) is 1.85. The zero-order valence-corrected chi connectivity index (χ0v) is 13.9. The Hall–Kier alpha value is -2.18. The fourth-order valence-electron chi connectivity index (χ4n) is 3.04. The van der Waals surface area contributed by atoms with Gasteiger partial charge in [-0.25, -0.2) is 0 Å². The van der Waals surface area contributed by atoms with Crippen LogP contribution >= 0.6 is 0 Å². The lowest BCUT2D eigenvalue weighted by Gasteiger charge is -2.37. The van der Waals surface area contributed by atoms with Gasteiger partial charge in [0.2, 0.25) is 0 Å². The number of nitrogens with one attached hydrogen (secondary N) is 2. The molecule has 24 heavy (non-hydrogen) atoms. The van der Waals surface area contributed by atoms with Gasteiger partial charge in [0, 0.05) is 25.8 Å². The largest absolute Gasteiger partial charge is 0.373 e. The van der Waals surface area contributed by atoms with Crippen LogP contribution < -0.4 is 5.32 Å². The Morgan fingerprint density at radius 3 is 3.00 bits per heavy atom. The van der Waals surface area contributed by atoms with Crippen LogP contribution in [-0.2, 0) is 11.3 Å². The number of amides is 1. The van der Waals surface area contributed by atoms with Gasteiger partial charge in [-0.05, 0) is 12.0 Å². The summed E-state index contributed by atoms with van der Waals surface area (Å²) in [5.74, 6) is -0.112. The molecule has 0 spiro atoms. The average molecular weight is 328 g/mol. The molecular weight excluding hydrogens is 304 g/mol. The van der Waals surface area contributed by atoms with Crippen molar-refractivity contribution in [1.29, 1.82) is 0 Å². The molecule has 128 valence electrons. The summed E-state index contributed by atoms with van der Waals surface area (Å²) in [4.78, 5) is 14.6. The van der Waals surface area contributed by atoms with Crippen LogP contribution in [0.5, 0.6) is 0 Å². The number of morpholine rings is 1. The van der Waals surface area contributed by atoms with Crippen molar-refractivity contribution in [3.63, 3.8) is 0 Å². The minimum Gasteiger partial charge on any atom is -0.373 e. The fraction of sp³-hybridized carbons (Fsp3) is 0.444. The lowest BCUT2D eigenvalue weighted by Crippen LogP contribution is -2.53. The smallest absolute Gasteiger partial charge is 0.254 e. The highest BCUT2D eigenvalue weighted by Gasteiger charge is 2.28. The van der Waals surface area contributed by atoms with Gasteiger partial charge in [0.05, 0.1) is 30.5 Å². The number of H-pyrrole nitrogens is 1. The number of aromatic amines is 1. The topological polar surface area (TPSA) is 70.2 Å². The predicted octanol–water partition coefficient (Wildman–Crippen LogP) is 1.82. The molecule has 1 aliphatic heterocycles. The Morgan fingerprint density at radius 1 is 1.46 bits per heavy atom. The molecule has 0 radical (unpaired) electrons. The first-order valence-corrected chi connectivity index (χ1v) is 8.43. The molecule has 2 heterocycles. The molecule has 1 aromatic heterocycles. The maximum atomic E-state index is 12.3. The Bertz CT molecular complexity index is 630. The molecule has 2 N–H and O–H groups in total. The summed E-state index contributed by atoms with van der Waals surface area (Å²) < 4.78 is 5.94. The monoisotopic (exact) mass is 328 g/mol. The van der Waals surface area contributed by atoms with E-state index in [1.807, 2.05) is 6.07 Å². The number of carbonyl (C=O) groups is 1. The van der Waals surface area contributed by atoms with Crippen LogP contribution in [0.15, 0.2) is 42.7 Å². The van der Waals surface area contributed by atoms with E-state index in [0.29, 0.717) is 12.2 Å². The number of benzene rings is 1. The van der Waals surface area contributed by atoms with Gasteiger partial charge in [-0.15, -0.1) is 0 Å². The van der Waals surface area contributed by atoms with Gasteiger partial charge in [0.15, 0.2) is 0 Å². The van der Waals surface area contributed by atoms with Gasteiger partial charge >= 0.3 is 0 Å². The molecule has 1 aromatic carbocycles. The molecule has 1 saturated heterocycles. The molecule has 0 saturated carbocycles. The van der Waals surface area contributed by atoms with Crippen LogP contribution in [0.3, 0.4) is 0 Å². The van der Waals surface area contributed by atoms with E-state index in [-0.39, 0.29) is 18.1 Å². The van der Waals surface area contributed by atoms with E-state index in [9.17, 15) is 4.79 Å². The minimum absolute atomic E-state index is 0.00307. The zero-order chi connectivity index (χ0) is 16.8. The summed E-state index contributed by atoms with van der Waals surface area (Å²) in [7, 11) is 0. The van der Waals surface area contributed by atoms with Gasteiger partial charge in [0.1, 0.15) is 0 Å². The Balaban J connectivity index is 1.58. The number of carbonyl (C=O) groups excluding carboxylic acids is 1. The van der Waals surface area contributed by atoms with Crippen molar-refractivity contribution in [2.24, 2.45) is 0 Å². The zero-order valence-electron chi connectivity index (χ0n) is 13.9. The first-order chi connectivity index (χ1) is 11.8. The van der Waals surface area contributed by atoms with Crippen molar-refractivity contribution in [3.8, 4) is 0 Å². The van der Waals surface area contributed by atoms with Crippen LogP contribution in [-0.4, -0.2) is 52.8 Å². The molecule has 2 unspecified atom stereocenters. The highest BCUT2D eigenvalue weighted by molar-refractivity contribution is 5.93. The Kier molecular flexibility index (Phi) is 5.61. The number of hydrogen-bond acceptors (Lipinski definition) is 4. The van der Waals surface area contributed by atoms with Crippen LogP contribution in [0.4, 0.5) is 0 Å². The maximum Gasteiger partial charge on any atom is 0.254 e. The normalized spacial score (nSPS) is 19.8. The lowest BCUT2D eigenvalue weighted by molar-refractivity contribution is -0.0483. The third-order valence-corrected chi connectivity index (χ3v) is 4.39. The van der Waals surface area contributed by atoms with E-state index in [4.69, 9.17) is 4.74 Å². The summed E-state index contributed by atoms with van der Waals surface area (Å²) >= 11 is 0. The highest BCUT2D eigenvalue weighted by Crippen LogP contribution is 2.15. The van der Waals surface area contributed by atoms with Gasteiger partial charge < -0.3 is 10.1 Å². The summed E-state index contributed by atoms with van der Waals surface area (Å²) in [6.45, 7) is 5.40. The molecule has 1 amide bonds. The van der Waals surface area contributed by atoms with Gasteiger partial charge in [0.25, 0.3) is 5.91 Å². The molecule has 2 atom stereocenters. The van der Waals surface area contributed by atoms with E-state index in [2.05, 4.69) is 51.6 Å². The van der Waals surface area contributed by atoms with E-state index in [1.54, 1.807) is 6.20 Å². The van der Waals surface area contributed by atoms with Crippen molar-refractivity contribution in [2.45, 2.75) is 32.0 Å². The lowest BCUT2D eigenvalue weighted by atomic mass is 10.1. The number of nitrogens with zero attached hydrogens (tertiary/aromatic N) is 2. The number of hydrogen-bond donors (Lipinski definition) is 2. The third-order valence-electron chi connectivity index (χ3n) is 4.39. The van der Waals surface area contributed by atoms with Crippen molar-refractivity contribution < 1.29 is 9.53 Å². The molecule has 6 nitrogen and oxygen atoms in total. The second-order valence-electron chi connectivity index (χ2n) is 6.11. The average Bonchev–Trinajstić information content (AvgIpc) is 3.15. The summed E-state index contributed by atoms with van der Waals surface area (Å²) in [6, 6.07) is 10.4. The molecular formula is C18H24N4O2. The van der Waals surface area contributed by atoms with E-state index in [0.717, 1.165) is 26.1 Å². The summed E-state index contributed by atoms with van der Waals surface area (Å²) in [5, 5.41) is 9.56. The van der Waals surface area contributed by atoms with Crippen molar-refractivity contribution in [1.82, 2.24) is 20.4 Å². The number of aromatic nitrogens is 2. The van der Waals surface area contributed by atoms with E-state index in [1.165, 1.54) is 11.8 Å². The number of rotatable bonds is 6. The Labute approximate surface area is 142 Å². The Morgan fingerprint density at radius 2 is 2.29 bits per heavy atom. The SMILES string of the molecule is CCC(NC(=O)c1cn[nH]c1)C1CN(Cc2ccccc2)CCO1. The maximum absolute atomic E-state index is 12.3. The molecule has 3 rings (SSSR count). The van der Waals surface area contributed by atoms with Crippen molar-refractivity contribution in [3.05, 3.63) is 53.9 Å². The van der Waals surface area contributed by atoms with Crippen LogP contribution in [0.25, 0.3) is 0 Å². The van der Waals surface area contributed by atoms with Crippen LogP contribution in [0.1, 0.15) is 29.3 Å². The second-order valence-corrected chi connectivity index (χ2v) is 6.11. The van der Waals surface area contributed by atoms with Crippen LogP contribution in [0.2, 0.25) is 0 Å². The minimum atomic E-state index is -0.112. The first kappa shape index (κ1) is 16.7. The third kappa shape index (κ3) is 4.21. The fourth-order valence-corrected chi connectivity index (χ4v) is 3.04. The van der Waals surface area contributed by atoms with E-state index < -0.39 is 0 Å². The molecule has 0 bridgehead atoms. The second kappa shape index (κ2) is 8.08. The molecule has 1 fully saturated rings. The van der Waals surface area contributed by atoms with Gasteiger partial charge in [-0.3, -0.25) is 14.8 Å². The predicted molar refractivity (Wildman–Crippen MR) is 91.6 cm³/mol. The molecule has 6 heteroatoms. The standard InChI is InChI=1S/C18H24N4O2/c1-2-16(21-18(23)15-10-19-20-11-15)17-13-22(8-9-24-17)12-14-6-4-3-5-7-14/h3-7,10-11,16-17H,2,8-9,12-13H2,1H3,(H,19,20)(H,21,23). The highest BCUT2D eigenvalue weighted by atomic mass is 16.5. The number of ether oxygens (including phenoxy) is 1. The van der Waals surface area contributed by atoms with E-state index >= 15 is 0 Å². The summed E-state index contributed by atoms with van der Waals surface area (Å²) in [6.07, 6.45) is 3.97. The molecule has 1 aliphatic rings. The van der Waals surface area contributed by atoms with Crippen molar-refractivity contribution in [2.75, 3.05) is 19.7 Å². The molecule has 2 aromatic rings. The van der Waals surface area contributed by atoms with Crippen molar-refractivity contribution >= 4 is 5.91 Å².